The summed E-state index contributed by atoms with van der Waals surface area (Å²) in [6, 6.07) is 9.47. The first-order valence-electron chi connectivity index (χ1n) is 8.70. The zero-order chi connectivity index (χ0) is 19.6. The molecule has 2 aromatic rings. The fraction of sp³-hybridized carbons (Fsp3) is 0.368. The predicted molar refractivity (Wildman–Crippen MR) is 106 cm³/mol. The van der Waals surface area contributed by atoms with E-state index >= 15 is 0 Å². The molecule has 0 aliphatic carbocycles. The molecule has 0 aliphatic heterocycles. The van der Waals surface area contributed by atoms with Gasteiger partial charge in [0.25, 0.3) is 5.56 Å². The van der Waals surface area contributed by atoms with Gasteiger partial charge in [-0.15, -0.1) is 0 Å². The number of nitrogens with one attached hydrogen (secondary N) is 3. The Kier molecular flexibility index (Phi) is 8.06. The van der Waals surface area contributed by atoms with Crippen molar-refractivity contribution in [1.82, 2.24) is 20.6 Å². The third kappa shape index (κ3) is 6.90. The largest absolute Gasteiger partial charge is 0.354 e. The van der Waals surface area contributed by atoms with E-state index in [4.69, 9.17) is 0 Å². The molecule has 144 valence electrons. The van der Waals surface area contributed by atoms with Crippen LogP contribution >= 0.6 is 11.8 Å². The van der Waals surface area contributed by atoms with Gasteiger partial charge in [0.1, 0.15) is 0 Å². The third-order valence-corrected chi connectivity index (χ3v) is 4.55. The molecule has 0 fully saturated rings. The maximum absolute atomic E-state index is 12.0. The highest BCUT2D eigenvalue weighted by atomic mass is 32.2. The third-order valence-electron chi connectivity index (χ3n) is 3.97. The van der Waals surface area contributed by atoms with Gasteiger partial charge in [-0.25, -0.2) is 4.98 Å². The van der Waals surface area contributed by atoms with Crippen molar-refractivity contribution in [1.29, 1.82) is 0 Å². The summed E-state index contributed by atoms with van der Waals surface area (Å²) in [7, 11) is 0. The Hall–Kier alpha value is -2.61. The average molecular weight is 388 g/mol. The number of hydrogen-bond donors (Lipinski definition) is 3. The van der Waals surface area contributed by atoms with Gasteiger partial charge in [0.05, 0.1) is 6.42 Å². The van der Waals surface area contributed by atoms with Gasteiger partial charge in [0, 0.05) is 30.8 Å². The van der Waals surface area contributed by atoms with Gasteiger partial charge in [0.15, 0.2) is 5.16 Å². The smallest absolute Gasteiger partial charge is 0.254 e. The Morgan fingerprint density at radius 2 is 1.78 bits per heavy atom. The highest BCUT2D eigenvalue weighted by molar-refractivity contribution is 7.98. The predicted octanol–water partition coefficient (Wildman–Crippen LogP) is 1.21. The average Bonchev–Trinajstić information content (AvgIpc) is 2.65. The van der Waals surface area contributed by atoms with E-state index in [1.807, 2.05) is 36.6 Å². The molecular formula is C19H24N4O3S. The van der Waals surface area contributed by atoms with Crippen molar-refractivity contribution >= 4 is 23.6 Å². The number of thioether (sulfide) groups is 1. The maximum Gasteiger partial charge on any atom is 0.254 e. The standard InChI is InChI=1S/C19H24N4O3S/c1-13-15(18(26)23-19(22-13)27-2)8-9-16(24)20-10-11-21-17(25)12-14-6-4-3-5-7-14/h3-7H,8-12H2,1-2H3,(H,20,24)(H,21,25)(H,22,23,26). The first-order chi connectivity index (χ1) is 13.0. The van der Waals surface area contributed by atoms with Gasteiger partial charge in [-0.05, 0) is 25.2 Å². The second kappa shape index (κ2) is 10.5. The number of H-pyrrole nitrogens is 1. The van der Waals surface area contributed by atoms with Gasteiger partial charge >= 0.3 is 0 Å². The van der Waals surface area contributed by atoms with E-state index in [0.29, 0.717) is 42.3 Å². The van der Waals surface area contributed by atoms with Crippen LogP contribution in [0.15, 0.2) is 40.3 Å². The lowest BCUT2D eigenvalue weighted by molar-refractivity contribution is -0.122. The topological polar surface area (TPSA) is 104 Å². The molecule has 0 bridgehead atoms. The Morgan fingerprint density at radius 1 is 1.11 bits per heavy atom. The van der Waals surface area contributed by atoms with Crippen molar-refractivity contribution in [3.05, 3.63) is 57.5 Å². The van der Waals surface area contributed by atoms with E-state index in [0.717, 1.165) is 5.56 Å². The summed E-state index contributed by atoms with van der Waals surface area (Å²) >= 11 is 1.37. The number of carbonyl (C=O) groups is 2. The van der Waals surface area contributed by atoms with Crippen LogP contribution in [0.5, 0.6) is 0 Å². The summed E-state index contributed by atoms with van der Waals surface area (Å²) in [6.07, 6.45) is 2.68. The minimum Gasteiger partial charge on any atom is -0.354 e. The number of nitrogens with zero attached hydrogens (tertiary/aromatic N) is 1. The Morgan fingerprint density at radius 3 is 2.41 bits per heavy atom. The normalized spacial score (nSPS) is 10.4. The van der Waals surface area contributed by atoms with E-state index < -0.39 is 0 Å². The molecule has 1 aromatic heterocycles. The van der Waals surface area contributed by atoms with Gasteiger partial charge < -0.3 is 15.6 Å². The Balaban J connectivity index is 1.68. The van der Waals surface area contributed by atoms with Crippen molar-refractivity contribution in [3.63, 3.8) is 0 Å². The molecule has 2 rings (SSSR count). The maximum atomic E-state index is 12.0. The minimum atomic E-state index is -0.201. The molecule has 0 aliphatic rings. The van der Waals surface area contributed by atoms with Gasteiger partial charge in [-0.3, -0.25) is 14.4 Å². The van der Waals surface area contributed by atoms with Crippen LogP contribution in [-0.4, -0.2) is 41.1 Å². The Labute approximate surface area is 162 Å². The molecule has 7 nitrogen and oxygen atoms in total. The molecule has 0 unspecified atom stereocenters. The van der Waals surface area contributed by atoms with Gasteiger partial charge in [-0.2, -0.15) is 0 Å². The zero-order valence-corrected chi connectivity index (χ0v) is 16.3. The van der Waals surface area contributed by atoms with E-state index in [9.17, 15) is 14.4 Å². The molecule has 0 atom stereocenters. The molecule has 0 spiro atoms. The van der Waals surface area contributed by atoms with Crippen molar-refractivity contribution in [2.75, 3.05) is 19.3 Å². The number of aromatic amines is 1. The van der Waals surface area contributed by atoms with Crippen LogP contribution in [0.25, 0.3) is 0 Å². The number of benzene rings is 1. The number of carbonyl (C=O) groups excluding carboxylic acids is 2. The van der Waals surface area contributed by atoms with E-state index in [1.54, 1.807) is 6.92 Å². The first-order valence-corrected chi connectivity index (χ1v) is 9.93. The number of hydrogen-bond acceptors (Lipinski definition) is 5. The van der Waals surface area contributed by atoms with Crippen LogP contribution in [0.3, 0.4) is 0 Å². The number of amides is 2. The molecule has 0 saturated carbocycles. The second-order valence-electron chi connectivity index (χ2n) is 6.00. The molecule has 2 amide bonds. The molecular weight excluding hydrogens is 364 g/mol. The van der Waals surface area contributed by atoms with Crippen molar-refractivity contribution in [2.45, 2.75) is 31.3 Å². The quantitative estimate of drug-likeness (QED) is 0.340. The molecule has 1 heterocycles. The van der Waals surface area contributed by atoms with Gasteiger partial charge in [-0.1, -0.05) is 42.1 Å². The van der Waals surface area contributed by atoms with E-state index in [2.05, 4.69) is 20.6 Å². The molecule has 0 radical (unpaired) electrons. The van der Waals surface area contributed by atoms with Gasteiger partial charge in [0.2, 0.25) is 11.8 Å². The summed E-state index contributed by atoms with van der Waals surface area (Å²) in [4.78, 5) is 42.8. The van der Waals surface area contributed by atoms with Crippen molar-refractivity contribution < 1.29 is 9.59 Å². The summed E-state index contributed by atoms with van der Waals surface area (Å²) in [5, 5.41) is 6.08. The molecule has 27 heavy (non-hydrogen) atoms. The SMILES string of the molecule is CSc1nc(C)c(CCC(=O)NCCNC(=O)Cc2ccccc2)c(=O)[nH]1. The number of aromatic nitrogens is 2. The fourth-order valence-corrected chi connectivity index (χ4v) is 2.97. The molecule has 3 N–H and O–H groups in total. The van der Waals surface area contributed by atoms with Crippen LogP contribution in [-0.2, 0) is 22.4 Å². The van der Waals surface area contributed by atoms with Crippen LogP contribution in [0, 0.1) is 6.92 Å². The van der Waals surface area contributed by atoms with Crippen LogP contribution in [0.1, 0.15) is 23.2 Å². The fourth-order valence-electron chi connectivity index (χ4n) is 2.55. The highest BCUT2D eigenvalue weighted by Gasteiger charge is 2.10. The molecule has 1 aromatic carbocycles. The lowest BCUT2D eigenvalue weighted by Gasteiger charge is -2.08. The summed E-state index contributed by atoms with van der Waals surface area (Å²) in [6.45, 7) is 2.48. The Bertz CT molecular complexity index is 837. The van der Waals surface area contributed by atoms with E-state index in [-0.39, 0.29) is 23.8 Å². The summed E-state index contributed by atoms with van der Waals surface area (Å²) in [5.74, 6) is -0.252. The lowest BCUT2D eigenvalue weighted by atomic mass is 10.1. The number of rotatable bonds is 9. The van der Waals surface area contributed by atoms with Crippen LogP contribution in [0.4, 0.5) is 0 Å². The van der Waals surface area contributed by atoms with Crippen LogP contribution in [0.2, 0.25) is 0 Å². The van der Waals surface area contributed by atoms with E-state index in [1.165, 1.54) is 11.8 Å². The van der Waals surface area contributed by atoms with Crippen molar-refractivity contribution in [2.24, 2.45) is 0 Å². The second-order valence-corrected chi connectivity index (χ2v) is 6.80. The summed E-state index contributed by atoms with van der Waals surface area (Å²) < 4.78 is 0. The van der Waals surface area contributed by atoms with Crippen molar-refractivity contribution in [3.8, 4) is 0 Å². The highest BCUT2D eigenvalue weighted by Crippen LogP contribution is 2.09. The minimum absolute atomic E-state index is 0.0856. The first kappa shape index (κ1) is 20.7. The molecule has 8 heteroatoms. The monoisotopic (exact) mass is 388 g/mol. The zero-order valence-electron chi connectivity index (χ0n) is 15.5. The van der Waals surface area contributed by atoms with Crippen LogP contribution < -0.4 is 16.2 Å². The molecule has 0 saturated heterocycles. The number of aryl methyl sites for hydroxylation is 1. The summed E-state index contributed by atoms with van der Waals surface area (Å²) in [5.41, 5.74) is 1.91. The lowest BCUT2D eigenvalue weighted by Crippen LogP contribution is -2.35.